The molecule has 0 radical (unpaired) electrons. The van der Waals surface area contributed by atoms with Crippen molar-refractivity contribution in [2.45, 2.75) is 19.5 Å². The normalized spacial score (nSPS) is 12.4. The second kappa shape index (κ2) is 9.20. The Morgan fingerprint density at radius 1 is 1.26 bits per heavy atom. The van der Waals surface area contributed by atoms with Crippen molar-refractivity contribution in [1.29, 1.82) is 0 Å². The number of hydrogen-bond acceptors (Lipinski definition) is 2. The largest absolute Gasteiger partial charge is 0.508 e. The lowest BCUT2D eigenvalue weighted by atomic mass is 10.1. The van der Waals surface area contributed by atoms with E-state index in [4.69, 9.17) is 28.9 Å². The lowest BCUT2D eigenvalue weighted by molar-refractivity contribution is 0.474. The van der Waals surface area contributed by atoms with E-state index in [-0.39, 0.29) is 35.8 Å². The Morgan fingerprint density at radius 3 is 2.65 bits per heavy atom. The smallest absolute Gasteiger partial charge is 0.189 e. The topological polar surface area (TPSA) is 70.6 Å². The van der Waals surface area contributed by atoms with Crippen LogP contribution in [0.2, 0.25) is 10.0 Å². The molecule has 2 aromatic carbocycles. The third kappa shape index (κ3) is 6.08. The maximum Gasteiger partial charge on any atom is 0.189 e. The van der Waals surface area contributed by atoms with Gasteiger partial charge in [-0.2, -0.15) is 0 Å². The Bertz CT molecular complexity index is 695. The van der Waals surface area contributed by atoms with Crippen molar-refractivity contribution in [3.05, 3.63) is 63.6 Å². The van der Waals surface area contributed by atoms with Gasteiger partial charge in [-0.25, -0.2) is 4.99 Å². The molecule has 0 aliphatic heterocycles. The van der Waals surface area contributed by atoms with Crippen LogP contribution >= 0.6 is 47.2 Å². The SMILES string of the molecule is CC(NC(N)=NCc1cccc(O)c1)c1ccc(Cl)cc1Cl.I. The molecule has 0 fully saturated rings. The second-order valence-electron chi connectivity index (χ2n) is 4.90. The first-order valence-corrected chi connectivity index (χ1v) is 7.50. The summed E-state index contributed by atoms with van der Waals surface area (Å²) in [6, 6.07) is 12.1. The summed E-state index contributed by atoms with van der Waals surface area (Å²) in [6.45, 7) is 2.32. The summed E-state index contributed by atoms with van der Waals surface area (Å²) >= 11 is 12.0. The van der Waals surface area contributed by atoms with Crippen LogP contribution in [-0.2, 0) is 6.54 Å². The van der Waals surface area contributed by atoms with Crippen LogP contribution in [0.15, 0.2) is 47.5 Å². The summed E-state index contributed by atoms with van der Waals surface area (Å²) in [5.74, 6) is 0.516. The molecule has 2 rings (SSSR count). The molecule has 23 heavy (non-hydrogen) atoms. The minimum atomic E-state index is -0.0994. The van der Waals surface area contributed by atoms with E-state index in [1.165, 1.54) is 0 Å². The molecule has 4 N–H and O–H groups in total. The highest BCUT2D eigenvalue weighted by Crippen LogP contribution is 2.25. The zero-order chi connectivity index (χ0) is 16.1. The molecule has 124 valence electrons. The molecule has 0 amide bonds. The standard InChI is InChI=1S/C16H17Cl2N3O.HI/c1-10(14-6-5-12(17)8-15(14)18)21-16(19)20-9-11-3-2-4-13(22)7-11;/h2-8,10,22H,9H2,1H3,(H3,19,20,21);1H. The molecule has 0 saturated heterocycles. The van der Waals surface area contributed by atoms with E-state index in [1.807, 2.05) is 19.1 Å². The number of phenols is 1. The van der Waals surface area contributed by atoms with E-state index in [0.29, 0.717) is 22.5 Å². The fourth-order valence-corrected chi connectivity index (χ4v) is 2.60. The number of rotatable bonds is 4. The van der Waals surface area contributed by atoms with Crippen LogP contribution in [0, 0.1) is 0 Å². The van der Waals surface area contributed by atoms with Crippen LogP contribution < -0.4 is 11.1 Å². The molecule has 2 aromatic rings. The van der Waals surface area contributed by atoms with E-state index >= 15 is 0 Å². The van der Waals surface area contributed by atoms with Crippen LogP contribution in [0.1, 0.15) is 24.1 Å². The van der Waals surface area contributed by atoms with E-state index in [2.05, 4.69) is 10.3 Å². The molecule has 1 atom stereocenters. The second-order valence-corrected chi connectivity index (χ2v) is 5.75. The highest BCUT2D eigenvalue weighted by Gasteiger charge is 2.10. The first-order chi connectivity index (χ1) is 10.5. The van der Waals surface area contributed by atoms with Crippen molar-refractivity contribution in [2.75, 3.05) is 0 Å². The Labute approximate surface area is 162 Å². The Morgan fingerprint density at radius 2 is 2.00 bits per heavy atom. The molecule has 0 heterocycles. The number of nitrogens with two attached hydrogens (primary N) is 1. The van der Waals surface area contributed by atoms with Gasteiger partial charge in [0, 0.05) is 10.0 Å². The third-order valence-electron chi connectivity index (χ3n) is 3.14. The van der Waals surface area contributed by atoms with Crippen molar-refractivity contribution in [3.8, 4) is 5.75 Å². The fourth-order valence-electron chi connectivity index (χ4n) is 2.03. The van der Waals surface area contributed by atoms with Crippen molar-refractivity contribution >= 4 is 53.1 Å². The number of aromatic hydroxyl groups is 1. The molecule has 0 spiro atoms. The first kappa shape index (κ1) is 19.9. The van der Waals surface area contributed by atoms with Crippen molar-refractivity contribution in [1.82, 2.24) is 5.32 Å². The highest BCUT2D eigenvalue weighted by molar-refractivity contribution is 14.0. The fraction of sp³-hybridized carbons (Fsp3) is 0.188. The summed E-state index contributed by atoms with van der Waals surface area (Å²) in [7, 11) is 0. The average molecular weight is 466 g/mol. The van der Waals surface area contributed by atoms with Gasteiger partial charge in [0.25, 0.3) is 0 Å². The van der Waals surface area contributed by atoms with Crippen molar-refractivity contribution in [3.63, 3.8) is 0 Å². The van der Waals surface area contributed by atoms with Gasteiger partial charge in [-0.3, -0.25) is 0 Å². The van der Waals surface area contributed by atoms with E-state index in [1.54, 1.807) is 30.3 Å². The molecular weight excluding hydrogens is 448 g/mol. The zero-order valence-corrected chi connectivity index (χ0v) is 16.3. The molecule has 0 aliphatic rings. The van der Waals surface area contributed by atoms with Crippen LogP contribution in [-0.4, -0.2) is 11.1 Å². The first-order valence-electron chi connectivity index (χ1n) is 6.75. The van der Waals surface area contributed by atoms with Gasteiger partial charge in [0.05, 0.1) is 12.6 Å². The van der Waals surface area contributed by atoms with Crippen LogP contribution in [0.5, 0.6) is 5.75 Å². The predicted octanol–water partition coefficient (Wildman–Crippen LogP) is 4.48. The number of benzene rings is 2. The van der Waals surface area contributed by atoms with E-state index < -0.39 is 0 Å². The minimum absolute atomic E-state index is 0. The molecule has 7 heteroatoms. The maximum atomic E-state index is 9.40. The molecule has 4 nitrogen and oxygen atoms in total. The minimum Gasteiger partial charge on any atom is -0.508 e. The van der Waals surface area contributed by atoms with Gasteiger partial charge in [0.15, 0.2) is 5.96 Å². The van der Waals surface area contributed by atoms with Crippen LogP contribution in [0.25, 0.3) is 0 Å². The number of halogens is 3. The summed E-state index contributed by atoms with van der Waals surface area (Å²) < 4.78 is 0. The van der Waals surface area contributed by atoms with Gasteiger partial charge < -0.3 is 16.2 Å². The third-order valence-corrected chi connectivity index (χ3v) is 3.70. The summed E-state index contributed by atoms with van der Waals surface area (Å²) in [6.07, 6.45) is 0. The lowest BCUT2D eigenvalue weighted by Crippen LogP contribution is -2.33. The van der Waals surface area contributed by atoms with Gasteiger partial charge in [-0.05, 0) is 42.3 Å². The summed E-state index contributed by atoms with van der Waals surface area (Å²) in [4.78, 5) is 4.25. The van der Waals surface area contributed by atoms with Gasteiger partial charge in [0.2, 0.25) is 0 Å². The molecule has 0 aliphatic carbocycles. The molecule has 1 unspecified atom stereocenters. The van der Waals surface area contributed by atoms with Gasteiger partial charge in [-0.1, -0.05) is 41.4 Å². The highest BCUT2D eigenvalue weighted by atomic mass is 127. The Kier molecular flexibility index (Phi) is 7.94. The monoisotopic (exact) mass is 465 g/mol. The van der Waals surface area contributed by atoms with Crippen LogP contribution in [0.4, 0.5) is 0 Å². The van der Waals surface area contributed by atoms with Gasteiger partial charge in [0.1, 0.15) is 5.75 Å². The zero-order valence-electron chi connectivity index (χ0n) is 12.5. The van der Waals surface area contributed by atoms with Crippen LogP contribution in [0.3, 0.4) is 0 Å². The summed E-state index contributed by atoms with van der Waals surface area (Å²) in [5, 5.41) is 13.7. The van der Waals surface area contributed by atoms with Gasteiger partial charge >= 0.3 is 0 Å². The number of nitrogens with zero attached hydrogens (tertiary/aromatic N) is 1. The summed E-state index contributed by atoms with van der Waals surface area (Å²) in [5.41, 5.74) is 7.65. The molecule has 0 bridgehead atoms. The quantitative estimate of drug-likeness (QED) is 0.354. The Balaban J connectivity index is 0.00000264. The number of aliphatic imine (C=N–C) groups is 1. The number of hydrogen-bond donors (Lipinski definition) is 3. The number of nitrogens with one attached hydrogen (secondary N) is 1. The number of phenolic OH excluding ortho intramolecular Hbond substituents is 1. The Hall–Kier alpha value is -1.18. The molecule has 0 aromatic heterocycles. The molecular formula is C16H18Cl2IN3O. The van der Waals surface area contributed by atoms with E-state index in [9.17, 15) is 5.11 Å². The predicted molar refractivity (Wildman–Crippen MR) is 107 cm³/mol. The molecule has 0 saturated carbocycles. The number of guanidine groups is 1. The average Bonchev–Trinajstić information content (AvgIpc) is 2.45. The van der Waals surface area contributed by atoms with E-state index in [0.717, 1.165) is 11.1 Å². The van der Waals surface area contributed by atoms with Crippen molar-refractivity contribution < 1.29 is 5.11 Å². The van der Waals surface area contributed by atoms with Gasteiger partial charge in [-0.15, -0.1) is 24.0 Å². The maximum absolute atomic E-state index is 9.40. The van der Waals surface area contributed by atoms with Crippen molar-refractivity contribution in [2.24, 2.45) is 10.7 Å². The lowest BCUT2D eigenvalue weighted by Gasteiger charge is -2.16.